The van der Waals surface area contributed by atoms with Crippen molar-refractivity contribution in [1.82, 2.24) is 14.9 Å². The lowest BCUT2D eigenvalue weighted by Crippen LogP contribution is -2.16. The largest absolute Gasteiger partial charge is 0.476 e. The molecule has 0 radical (unpaired) electrons. The summed E-state index contributed by atoms with van der Waals surface area (Å²) in [6.45, 7) is 1.87. The molecule has 6 heteroatoms. The van der Waals surface area contributed by atoms with E-state index in [9.17, 15) is 9.90 Å². The minimum absolute atomic E-state index is 0.0164. The van der Waals surface area contributed by atoms with E-state index in [1.54, 1.807) is 0 Å². The van der Waals surface area contributed by atoms with Crippen LogP contribution in [0.15, 0.2) is 30.3 Å². The summed E-state index contributed by atoms with van der Waals surface area (Å²) < 4.78 is 0. The summed E-state index contributed by atoms with van der Waals surface area (Å²) in [6, 6.07) is 10.0. The third-order valence-electron chi connectivity index (χ3n) is 3.32. The van der Waals surface area contributed by atoms with E-state index in [0.717, 1.165) is 6.54 Å². The van der Waals surface area contributed by atoms with Crippen molar-refractivity contribution in [3.05, 3.63) is 52.8 Å². The predicted octanol–water partition coefficient (Wildman–Crippen LogP) is 1.27. The first-order chi connectivity index (χ1) is 9.63. The summed E-state index contributed by atoms with van der Waals surface area (Å²) in [5, 5.41) is 9.19. The number of hydrogen-bond acceptors (Lipinski definition) is 5. The highest BCUT2D eigenvalue weighted by Crippen LogP contribution is 2.25. The number of nitrogens with zero attached hydrogens (tertiary/aromatic N) is 3. The topological polar surface area (TPSA) is 92.3 Å². The lowest BCUT2D eigenvalue weighted by atomic mass is 10.2. The van der Waals surface area contributed by atoms with Crippen molar-refractivity contribution in [1.29, 1.82) is 0 Å². The van der Waals surface area contributed by atoms with Crippen LogP contribution in [0.1, 0.15) is 27.3 Å². The maximum atomic E-state index is 11.2. The molecule has 1 aromatic heterocycles. The van der Waals surface area contributed by atoms with Gasteiger partial charge >= 0.3 is 5.97 Å². The smallest absolute Gasteiger partial charge is 0.355 e. The zero-order valence-corrected chi connectivity index (χ0v) is 10.8. The molecule has 0 saturated heterocycles. The Morgan fingerprint density at radius 2 is 2.00 bits per heavy atom. The third-order valence-corrected chi connectivity index (χ3v) is 3.32. The zero-order chi connectivity index (χ0) is 14.1. The fourth-order valence-corrected chi connectivity index (χ4v) is 2.47. The van der Waals surface area contributed by atoms with Gasteiger partial charge in [0.05, 0.1) is 5.69 Å². The molecule has 1 aromatic carbocycles. The molecule has 0 saturated carbocycles. The summed E-state index contributed by atoms with van der Waals surface area (Å²) in [6.07, 6.45) is 0. The van der Waals surface area contributed by atoms with E-state index in [1.807, 2.05) is 30.3 Å². The van der Waals surface area contributed by atoms with Gasteiger partial charge in [-0.2, -0.15) is 0 Å². The van der Waals surface area contributed by atoms with Gasteiger partial charge in [-0.05, 0) is 5.56 Å². The molecule has 20 heavy (non-hydrogen) atoms. The molecular formula is C14H14N4O2. The van der Waals surface area contributed by atoms with Gasteiger partial charge in [0, 0.05) is 25.2 Å². The first-order valence-electron chi connectivity index (χ1n) is 6.28. The van der Waals surface area contributed by atoms with Gasteiger partial charge in [0.25, 0.3) is 0 Å². The molecule has 0 unspecified atom stereocenters. The predicted molar refractivity (Wildman–Crippen MR) is 72.8 cm³/mol. The Morgan fingerprint density at radius 3 is 2.70 bits per heavy atom. The summed E-state index contributed by atoms with van der Waals surface area (Å²) in [4.78, 5) is 21.3. The molecule has 6 nitrogen and oxygen atoms in total. The molecule has 3 rings (SSSR count). The first kappa shape index (κ1) is 12.6. The van der Waals surface area contributed by atoms with Crippen molar-refractivity contribution in [3.8, 4) is 0 Å². The number of carbonyl (C=O) groups is 1. The van der Waals surface area contributed by atoms with E-state index >= 15 is 0 Å². The van der Waals surface area contributed by atoms with Gasteiger partial charge in [0.1, 0.15) is 0 Å². The summed E-state index contributed by atoms with van der Waals surface area (Å²) in [7, 11) is 0. The van der Waals surface area contributed by atoms with Gasteiger partial charge in [-0.1, -0.05) is 30.3 Å². The standard InChI is InChI=1S/C14H14N4O2/c15-14-16-11-8-18(6-9-4-2-1-3-5-9)7-10(11)12(17-14)13(19)20/h1-5H,6-8H2,(H,19,20)(H2,15,16,17). The lowest BCUT2D eigenvalue weighted by Gasteiger charge is -2.14. The van der Waals surface area contributed by atoms with Crippen molar-refractivity contribution in [2.75, 3.05) is 5.73 Å². The quantitative estimate of drug-likeness (QED) is 0.872. The maximum absolute atomic E-state index is 11.2. The highest BCUT2D eigenvalue weighted by molar-refractivity contribution is 5.87. The van der Waals surface area contributed by atoms with Crippen LogP contribution >= 0.6 is 0 Å². The van der Waals surface area contributed by atoms with Gasteiger partial charge in [-0.25, -0.2) is 14.8 Å². The molecular weight excluding hydrogens is 256 g/mol. The number of aromatic nitrogens is 2. The number of anilines is 1. The van der Waals surface area contributed by atoms with Crippen LogP contribution in [0.5, 0.6) is 0 Å². The summed E-state index contributed by atoms with van der Waals surface area (Å²) in [5.41, 5.74) is 8.14. The van der Waals surface area contributed by atoms with E-state index < -0.39 is 5.97 Å². The van der Waals surface area contributed by atoms with E-state index in [-0.39, 0.29) is 11.6 Å². The Labute approximate surface area is 115 Å². The van der Waals surface area contributed by atoms with Crippen LogP contribution in [0.2, 0.25) is 0 Å². The first-order valence-corrected chi connectivity index (χ1v) is 6.28. The number of fused-ring (bicyclic) bond motifs is 1. The number of carboxylic acids is 1. The fraction of sp³-hybridized carbons (Fsp3) is 0.214. The van der Waals surface area contributed by atoms with Gasteiger partial charge in [-0.15, -0.1) is 0 Å². The molecule has 0 fully saturated rings. The number of rotatable bonds is 3. The monoisotopic (exact) mass is 270 g/mol. The van der Waals surface area contributed by atoms with Crippen LogP contribution < -0.4 is 5.73 Å². The van der Waals surface area contributed by atoms with Crippen molar-refractivity contribution in [2.45, 2.75) is 19.6 Å². The van der Waals surface area contributed by atoms with Crippen LogP contribution in [0.4, 0.5) is 5.95 Å². The van der Waals surface area contributed by atoms with Crippen molar-refractivity contribution < 1.29 is 9.90 Å². The van der Waals surface area contributed by atoms with E-state index in [4.69, 9.17) is 5.73 Å². The normalized spacial score (nSPS) is 14.2. The second-order valence-electron chi connectivity index (χ2n) is 4.79. The Kier molecular flexibility index (Phi) is 3.08. The van der Waals surface area contributed by atoms with Crippen LogP contribution in [-0.2, 0) is 19.6 Å². The molecule has 0 spiro atoms. The summed E-state index contributed by atoms with van der Waals surface area (Å²) in [5.74, 6) is -1.04. The second kappa shape index (κ2) is 4.90. The second-order valence-corrected chi connectivity index (χ2v) is 4.79. The molecule has 0 aliphatic carbocycles. The Bertz CT molecular complexity index is 658. The molecule has 3 N–H and O–H groups in total. The molecule has 0 amide bonds. The lowest BCUT2D eigenvalue weighted by molar-refractivity contribution is 0.0688. The SMILES string of the molecule is Nc1nc2c(c(C(=O)O)n1)CN(Cc1ccccc1)C2. The van der Waals surface area contributed by atoms with Gasteiger partial charge < -0.3 is 10.8 Å². The third kappa shape index (κ3) is 2.33. The molecule has 2 aromatic rings. The van der Waals surface area contributed by atoms with E-state index in [2.05, 4.69) is 14.9 Å². The van der Waals surface area contributed by atoms with Gasteiger partial charge in [-0.3, -0.25) is 4.90 Å². The van der Waals surface area contributed by atoms with Crippen molar-refractivity contribution >= 4 is 11.9 Å². The summed E-state index contributed by atoms with van der Waals surface area (Å²) >= 11 is 0. The number of aromatic carboxylic acids is 1. The van der Waals surface area contributed by atoms with Crippen LogP contribution in [0.3, 0.4) is 0 Å². The van der Waals surface area contributed by atoms with Gasteiger partial charge in [0.15, 0.2) is 5.69 Å². The van der Waals surface area contributed by atoms with Crippen molar-refractivity contribution in [2.24, 2.45) is 0 Å². The van der Waals surface area contributed by atoms with Gasteiger partial charge in [0.2, 0.25) is 5.95 Å². The fourth-order valence-electron chi connectivity index (χ4n) is 2.47. The molecule has 1 aliphatic rings. The van der Waals surface area contributed by atoms with Crippen LogP contribution in [0, 0.1) is 0 Å². The van der Waals surface area contributed by atoms with Crippen LogP contribution in [0.25, 0.3) is 0 Å². The maximum Gasteiger partial charge on any atom is 0.355 e. The van der Waals surface area contributed by atoms with E-state index in [1.165, 1.54) is 5.56 Å². The zero-order valence-electron chi connectivity index (χ0n) is 10.8. The Hall–Kier alpha value is -2.47. The Balaban J connectivity index is 1.85. The highest BCUT2D eigenvalue weighted by atomic mass is 16.4. The highest BCUT2D eigenvalue weighted by Gasteiger charge is 2.27. The van der Waals surface area contributed by atoms with Crippen molar-refractivity contribution in [3.63, 3.8) is 0 Å². The molecule has 0 bridgehead atoms. The average Bonchev–Trinajstić information content (AvgIpc) is 2.80. The number of benzene rings is 1. The minimum Gasteiger partial charge on any atom is -0.476 e. The number of carboxylic acid groups (broad SMARTS) is 1. The Morgan fingerprint density at radius 1 is 1.25 bits per heavy atom. The molecule has 1 aliphatic heterocycles. The average molecular weight is 270 g/mol. The molecule has 0 atom stereocenters. The number of nitrogen functional groups attached to an aromatic ring is 1. The molecule has 2 heterocycles. The number of nitrogens with two attached hydrogens (primary N) is 1. The van der Waals surface area contributed by atoms with E-state index in [0.29, 0.717) is 24.3 Å². The minimum atomic E-state index is -1.06. The molecule has 102 valence electrons. The number of hydrogen-bond donors (Lipinski definition) is 2. The van der Waals surface area contributed by atoms with Crippen LogP contribution in [-0.4, -0.2) is 25.9 Å².